The molecule has 0 bridgehead atoms. The largest absolute Gasteiger partial charge is 0.354 e. The SMILES string of the molecule is O=C(c1ccc(F)cc1)c1cccc(/C=c2\[nH]c(=O)/c(=C/c3ncn(CCCn4cccc4)c3C3CC3)[nH]c2=O)c1. The highest BCUT2D eigenvalue weighted by atomic mass is 19.1. The Bertz CT molecular complexity index is 1950. The fourth-order valence-electron chi connectivity index (χ4n) is 4.98. The lowest BCUT2D eigenvalue weighted by molar-refractivity contribution is 0.103. The first-order valence-electron chi connectivity index (χ1n) is 13.6. The summed E-state index contributed by atoms with van der Waals surface area (Å²) < 4.78 is 17.5. The third-order valence-corrected chi connectivity index (χ3v) is 7.19. The predicted molar refractivity (Wildman–Crippen MR) is 154 cm³/mol. The number of aryl methyl sites for hydroxylation is 2. The zero-order valence-electron chi connectivity index (χ0n) is 22.2. The Hall–Kier alpha value is -5.05. The Morgan fingerprint density at radius 3 is 2.32 bits per heavy atom. The van der Waals surface area contributed by atoms with Gasteiger partial charge in [-0.2, -0.15) is 0 Å². The van der Waals surface area contributed by atoms with Crippen LogP contribution < -0.4 is 21.8 Å². The van der Waals surface area contributed by atoms with Crippen molar-refractivity contribution in [2.45, 2.75) is 38.3 Å². The van der Waals surface area contributed by atoms with Gasteiger partial charge in [-0.15, -0.1) is 0 Å². The third-order valence-electron chi connectivity index (χ3n) is 7.19. The highest BCUT2D eigenvalue weighted by Gasteiger charge is 2.29. The second kappa shape index (κ2) is 11.2. The molecule has 3 aromatic heterocycles. The average molecular weight is 550 g/mol. The molecule has 0 radical (unpaired) electrons. The smallest absolute Gasteiger partial charge is 0.272 e. The van der Waals surface area contributed by atoms with Crippen molar-refractivity contribution in [3.63, 3.8) is 0 Å². The number of halogens is 1. The molecule has 8 nitrogen and oxygen atoms in total. The normalized spacial score (nSPS) is 14.1. The summed E-state index contributed by atoms with van der Waals surface area (Å²) in [5.41, 5.74) is 2.16. The summed E-state index contributed by atoms with van der Waals surface area (Å²) >= 11 is 0. The second-order valence-electron chi connectivity index (χ2n) is 10.2. The van der Waals surface area contributed by atoms with Crippen LogP contribution in [-0.4, -0.2) is 29.9 Å². The minimum Gasteiger partial charge on any atom is -0.354 e. The van der Waals surface area contributed by atoms with E-state index in [1.807, 2.05) is 30.9 Å². The molecular weight excluding hydrogens is 521 g/mol. The topological polar surface area (TPSA) is 106 Å². The van der Waals surface area contributed by atoms with Crippen molar-refractivity contribution >= 4 is 17.9 Å². The van der Waals surface area contributed by atoms with E-state index in [4.69, 9.17) is 0 Å². The van der Waals surface area contributed by atoms with Crippen molar-refractivity contribution < 1.29 is 9.18 Å². The first-order valence-corrected chi connectivity index (χ1v) is 13.6. The number of nitrogens with zero attached hydrogens (tertiary/aromatic N) is 3. The summed E-state index contributed by atoms with van der Waals surface area (Å²) in [5.74, 6) is -0.296. The van der Waals surface area contributed by atoms with E-state index in [2.05, 4.69) is 24.1 Å². The maximum absolute atomic E-state index is 13.2. The van der Waals surface area contributed by atoms with Crippen LogP contribution in [0.15, 0.2) is 89.0 Å². The van der Waals surface area contributed by atoms with Crippen LogP contribution in [0.3, 0.4) is 0 Å². The molecule has 2 aromatic carbocycles. The summed E-state index contributed by atoms with van der Waals surface area (Å²) in [6.07, 6.45) is 12.2. The van der Waals surface area contributed by atoms with Crippen LogP contribution >= 0.6 is 0 Å². The van der Waals surface area contributed by atoms with Gasteiger partial charge in [0.05, 0.1) is 12.0 Å². The highest BCUT2D eigenvalue weighted by molar-refractivity contribution is 6.09. The molecule has 5 aromatic rings. The zero-order chi connectivity index (χ0) is 28.3. The Balaban J connectivity index is 1.27. The lowest BCUT2D eigenvalue weighted by Crippen LogP contribution is -2.46. The summed E-state index contributed by atoms with van der Waals surface area (Å²) in [4.78, 5) is 48.7. The molecule has 1 saturated carbocycles. The van der Waals surface area contributed by atoms with Gasteiger partial charge in [-0.05, 0) is 79.4 Å². The third kappa shape index (κ3) is 5.94. The fraction of sp³-hybridized carbons (Fsp3) is 0.188. The molecule has 3 heterocycles. The summed E-state index contributed by atoms with van der Waals surface area (Å²) in [6, 6.07) is 16.0. The Labute approximate surface area is 234 Å². The van der Waals surface area contributed by atoms with Gasteiger partial charge in [0.1, 0.15) is 16.5 Å². The first-order chi connectivity index (χ1) is 19.9. The van der Waals surface area contributed by atoms with Crippen LogP contribution in [-0.2, 0) is 13.1 Å². The molecule has 0 saturated heterocycles. The minimum atomic E-state index is -0.467. The van der Waals surface area contributed by atoms with Crippen LogP contribution in [0.5, 0.6) is 0 Å². The number of carbonyl (C=O) groups excluding carboxylic acids is 1. The van der Waals surface area contributed by atoms with E-state index < -0.39 is 16.9 Å². The molecule has 2 N–H and O–H groups in total. The molecule has 0 aliphatic heterocycles. The zero-order valence-corrected chi connectivity index (χ0v) is 22.2. The number of H-pyrrole nitrogens is 2. The van der Waals surface area contributed by atoms with E-state index in [-0.39, 0.29) is 16.5 Å². The summed E-state index contributed by atoms with van der Waals surface area (Å²) in [7, 11) is 0. The number of hydrogen-bond acceptors (Lipinski definition) is 4. The van der Waals surface area contributed by atoms with Gasteiger partial charge in [0, 0.05) is 48.2 Å². The molecule has 0 amide bonds. The van der Waals surface area contributed by atoms with Crippen LogP contribution in [0.25, 0.3) is 12.2 Å². The van der Waals surface area contributed by atoms with Crippen molar-refractivity contribution in [2.24, 2.45) is 0 Å². The number of carbonyl (C=O) groups is 1. The van der Waals surface area contributed by atoms with Crippen molar-refractivity contribution in [1.82, 2.24) is 24.1 Å². The number of nitrogens with one attached hydrogen (secondary N) is 2. The molecule has 1 aliphatic rings. The molecule has 9 heteroatoms. The number of aromatic amines is 2. The van der Waals surface area contributed by atoms with E-state index in [0.29, 0.717) is 28.3 Å². The molecule has 41 heavy (non-hydrogen) atoms. The first kappa shape index (κ1) is 26.2. The average Bonchev–Trinajstić information content (AvgIpc) is 3.52. The van der Waals surface area contributed by atoms with Crippen molar-refractivity contribution in [1.29, 1.82) is 0 Å². The molecule has 1 aliphatic carbocycles. The summed E-state index contributed by atoms with van der Waals surface area (Å²) in [5, 5.41) is 0.198. The summed E-state index contributed by atoms with van der Waals surface area (Å²) in [6.45, 7) is 1.72. The highest BCUT2D eigenvalue weighted by Crippen LogP contribution is 2.41. The lowest BCUT2D eigenvalue weighted by atomic mass is 10.0. The van der Waals surface area contributed by atoms with E-state index in [9.17, 15) is 18.8 Å². The number of ketones is 1. The Kier molecular flexibility index (Phi) is 7.16. The molecular formula is C32H28FN5O3. The van der Waals surface area contributed by atoms with E-state index >= 15 is 0 Å². The predicted octanol–water partition coefficient (Wildman–Crippen LogP) is 3.06. The van der Waals surface area contributed by atoms with Gasteiger partial charge in [0.2, 0.25) is 0 Å². The van der Waals surface area contributed by atoms with E-state index in [1.54, 1.807) is 30.3 Å². The lowest BCUT2D eigenvalue weighted by Gasteiger charge is -2.09. The van der Waals surface area contributed by atoms with Gasteiger partial charge in [-0.3, -0.25) is 14.4 Å². The van der Waals surface area contributed by atoms with Gasteiger partial charge < -0.3 is 19.1 Å². The maximum atomic E-state index is 13.2. The van der Waals surface area contributed by atoms with E-state index in [1.165, 1.54) is 30.3 Å². The molecule has 0 atom stereocenters. The van der Waals surface area contributed by atoms with Gasteiger partial charge in [-0.1, -0.05) is 18.2 Å². The Morgan fingerprint density at radius 1 is 0.902 bits per heavy atom. The van der Waals surface area contributed by atoms with Crippen molar-refractivity contribution in [3.8, 4) is 0 Å². The monoisotopic (exact) mass is 549 g/mol. The number of hydrogen-bond donors (Lipinski definition) is 2. The molecule has 0 spiro atoms. The number of rotatable bonds is 9. The minimum absolute atomic E-state index is 0.0662. The van der Waals surface area contributed by atoms with E-state index in [0.717, 1.165) is 38.0 Å². The van der Waals surface area contributed by atoms with Crippen LogP contribution in [0.2, 0.25) is 0 Å². The van der Waals surface area contributed by atoms with Gasteiger partial charge in [-0.25, -0.2) is 9.37 Å². The number of aromatic nitrogens is 5. The van der Waals surface area contributed by atoms with Crippen LogP contribution in [0.1, 0.15) is 58.1 Å². The standard InChI is InChI=1S/C32H28FN5O3/c33-25-11-9-23(10-12-25)30(39)24-6-3-5-21(17-24)18-27-31(40)36-28(32(41)35-27)19-26-29(22-7-8-22)38(20-34-26)16-4-15-37-13-1-2-14-37/h1-3,5-6,9-14,17-20,22H,4,7-8,15-16H2,(H,35,41)(H,36,40)/b27-18-,28-19-. The second-order valence-corrected chi connectivity index (χ2v) is 10.2. The van der Waals surface area contributed by atoms with Gasteiger partial charge >= 0.3 is 0 Å². The van der Waals surface area contributed by atoms with Crippen molar-refractivity contribution in [2.75, 3.05) is 0 Å². The maximum Gasteiger partial charge on any atom is 0.272 e. The van der Waals surface area contributed by atoms with Crippen molar-refractivity contribution in [3.05, 3.63) is 145 Å². The van der Waals surface area contributed by atoms with Gasteiger partial charge in [0.25, 0.3) is 11.1 Å². The Morgan fingerprint density at radius 2 is 1.61 bits per heavy atom. The number of benzene rings is 2. The fourth-order valence-corrected chi connectivity index (χ4v) is 4.98. The number of imidazole rings is 1. The van der Waals surface area contributed by atoms with Gasteiger partial charge in [0.15, 0.2) is 5.78 Å². The van der Waals surface area contributed by atoms with Crippen LogP contribution in [0, 0.1) is 5.82 Å². The molecule has 206 valence electrons. The quantitative estimate of drug-likeness (QED) is 0.276. The molecule has 0 unspecified atom stereocenters. The van der Waals surface area contributed by atoms with Crippen LogP contribution in [0.4, 0.5) is 4.39 Å². The molecule has 6 rings (SSSR count). The molecule has 1 fully saturated rings.